The van der Waals surface area contributed by atoms with Crippen LogP contribution in [0.5, 0.6) is 11.6 Å². The molecule has 8 heteroatoms. The van der Waals surface area contributed by atoms with Crippen LogP contribution in [0.25, 0.3) is 5.69 Å². The van der Waals surface area contributed by atoms with Gasteiger partial charge in [0.1, 0.15) is 11.3 Å². The van der Waals surface area contributed by atoms with Crippen molar-refractivity contribution in [2.24, 2.45) is 4.99 Å². The number of ether oxygens (including phenoxy) is 1. The standard InChI is InChI=1S/C20H18BrN3O4/c1-11-8-16(21)17(9-12(11)2)22-10-15-18(25)23-20(27)24(19(15)26)13-4-6-14(28-3)7-5-13/h4-10,26H,1-3H3,(H,23,25,27). The minimum absolute atomic E-state index is 0.124. The molecule has 2 aromatic carbocycles. The average Bonchev–Trinajstić information content (AvgIpc) is 2.65. The molecule has 0 spiro atoms. The lowest BCUT2D eigenvalue weighted by atomic mass is 10.1. The molecule has 1 aromatic heterocycles. The fourth-order valence-electron chi connectivity index (χ4n) is 2.62. The molecule has 0 bridgehead atoms. The van der Waals surface area contributed by atoms with Crippen LogP contribution < -0.4 is 16.0 Å². The Kier molecular flexibility index (Phi) is 5.51. The highest BCUT2D eigenvalue weighted by molar-refractivity contribution is 9.10. The predicted octanol–water partition coefficient (Wildman–Crippen LogP) is 3.37. The van der Waals surface area contributed by atoms with Gasteiger partial charge in [0.2, 0.25) is 5.88 Å². The zero-order valence-corrected chi connectivity index (χ0v) is 17.1. The van der Waals surface area contributed by atoms with E-state index >= 15 is 0 Å². The maximum absolute atomic E-state index is 12.2. The number of nitrogens with zero attached hydrogens (tertiary/aromatic N) is 2. The summed E-state index contributed by atoms with van der Waals surface area (Å²) in [5, 5.41) is 10.6. The van der Waals surface area contributed by atoms with Gasteiger partial charge in [0.15, 0.2) is 0 Å². The Hall–Kier alpha value is -3.13. The first-order valence-corrected chi connectivity index (χ1v) is 9.14. The Morgan fingerprint density at radius 2 is 1.79 bits per heavy atom. The highest BCUT2D eigenvalue weighted by atomic mass is 79.9. The number of aryl methyl sites for hydroxylation is 2. The number of aromatic hydroxyl groups is 1. The first kappa shape index (κ1) is 19.6. The summed E-state index contributed by atoms with van der Waals surface area (Å²) in [6.45, 7) is 3.93. The minimum Gasteiger partial charge on any atom is -0.497 e. The van der Waals surface area contributed by atoms with Gasteiger partial charge in [-0.15, -0.1) is 0 Å². The highest BCUT2D eigenvalue weighted by Crippen LogP contribution is 2.29. The number of hydrogen-bond acceptors (Lipinski definition) is 5. The summed E-state index contributed by atoms with van der Waals surface area (Å²) in [4.78, 5) is 31.0. The fourth-order valence-corrected chi connectivity index (χ4v) is 3.18. The predicted molar refractivity (Wildman–Crippen MR) is 112 cm³/mol. The highest BCUT2D eigenvalue weighted by Gasteiger charge is 2.14. The second-order valence-electron chi connectivity index (χ2n) is 6.18. The smallest absolute Gasteiger partial charge is 0.335 e. The van der Waals surface area contributed by atoms with E-state index in [0.717, 1.165) is 20.2 Å². The van der Waals surface area contributed by atoms with Crippen LogP contribution in [0, 0.1) is 13.8 Å². The summed E-state index contributed by atoms with van der Waals surface area (Å²) in [6, 6.07) is 10.3. The fraction of sp³-hybridized carbons (Fsp3) is 0.150. The summed E-state index contributed by atoms with van der Waals surface area (Å²) in [5.74, 6) is 0.102. The van der Waals surface area contributed by atoms with Crippen LogP contribution in [0.1, 0.15) is 16.7 Å². The molecule has 0 amide bonds. The van der Waals surface area contributed by atoms with Crippen molar-refractivity contribution in [2.45, 2.75) is 13.8 Å². The maximum Gasteiger partial charge on any atom is 0.335 e. The van der Waals surface area contributed by atoms with Gasteiger partial charge < -0.3 is 9.84 Å². The molecule has 144 valence electrons. The Bertz CT molecular complexity index is 1180. The molecule has 2 N–H and O–H groups in total. The number of rotatable bonds is 4. The zero-order valence-electron chi connectivity index (χ0n) is 15.5. The number of H-pyrrole nitrogens is 1. The first-order valence-electron chi connectivity index (χ1n) is 8.35. The molecule has 0 saturated carbocycles. The molecule has 0 radical (unpaired) electrons. The van der Waals surface area contributed by atoms with E-state index in [9.17, 15) is 14.7 Å². The van der Waals surface area contributed by atoms with Crippen molar-refractivity contribution in [3.05, 3.63) is 78.4 Å². The van der Waals surface area contributed by atoms with Crippen molar-refractivity contribution in [2.75, 3.05) is 7.11 Å². The van der Waals surface area contributed by atoms with Crippen molar-refractivity contribution in [3.8, 4) is 17.3 Å². The van der Waals surface area contributed by atoms with Gasteiger partial charge in [-0.3, -0.25) is 14.8 Å². The second kappa shape index (κ2) is 7.85. The lowest BCUT2D eigenvalue weighted by molar-refractivity contribution is 0.414. The summed E-state index contributed by atoms with van der Waals surface area (Å²) in [7, 11) is 1.53. The van der Waals surface area contributed by atoms with Crippen molar-refractivity contribution >= 4 is 27.8 Å². The number of aromatic nitrogens is 2. The van der Waals surface area contributed by atoms with Crippen LogP contribution in [0.15, 0.2) is 55.5 Å². The third-order valence-electron chi connectivity index (χ3n) is 4.35. The lowest BCUT2D eigenvalue weighted by Crippen LogP contribution is -2.31. The van der Waals surface area contributed by atoms with Crippen LogP contribution in [0.2, 0.25) is 0 Å². The summed E-state index contributed by atoms with van der Waals surface area (Å²) in [6.07, 6.45) is 1.24. The number of aliphatic imine (C=N–C) groups is 1. The van der Waals surface area contributed by atoms with E-state index in [0.29, 0.717) is 17.1 Å². The third-order valence-corrected chi connectivity index (χ3v) is 4.98. The topological polar surface area (TPSA) is 96.7 Å². The Balaban J connectivity index is 2.11. The van der Waals surface area contributed by atoms with E-state index in [1.165, 1.54) is 13.3 Å². The molecule has 3 rings (SSSR count). The van der Waals surface area contributed by atoms with Gasteiger partial charge in [0.05, 0.1) is 18.5 Å². The van der Waals surface area contributed by atoms with Gasteiger partial charge in [-0.2, -0.15) is 0 Å². The van der Waals surface area contributed by atoms with Gasteiger partial charge in [-0.05, 0) is 77.3 Å². The van der Waals surface area contributed by atoms with Gasteiger partial charge in [-0.25, -0.2) is 9.36 Å². The van der Waals surface area contributed by atoms with E-state index < -0.39 is 17.1 Å². The molecule has 1 heterocycles. The largest absolute Gasteiger partial charge is 0.497 e. The Morgan fingerprint density at radius 3 is 2.43 bits per heavy atom. The normalized spacial score (nSPS) is 11.1. The van der Waals surface area contributed by atoms with Gasteiger partial charge in [0.25, 0.3) is 5.56 Å². The average molecular weight is 444 g/mol. The van der Waals surface area contributed by atoms with E-state index in [1.807, 2.05) is 26.0 Å². The molecule has 3 aromatic rings. The molecule has 0 atom stereocenters. The monoisotopic (exact) mass is 443 g/mol. The van der Waals surface area contributed by atoms with Crippen molar-refractivity contribution in [3.63, 3.8) is 0 Å². The Labute approximate surface area is 169 Å². The van der Waals surface area contributed by atoms with E-state index in [1.54, 1.807) is 24.3 Å². The van der Waals surface area contributed by atoms with Crippen molar-refractivity contribution in [1.82, 2.24) is 9.55 Å². The maximum atomic E-state index is 12.2. The second-order valence-corrected chi connectivity index (χ2v) is 7.03. The first-order chi connectivity index (χ1) is 13.3. The summed E-state index contributed by atoms with van der Waals surface area (Å²) >= 11 is 3.44. The molecule has 0 saturated heterocycles. The number of benzene rings is 2. The van der Waals surface area contributed by atoms with Gasteiger partial charge in [-0.1, -0.05) is 0 Å². The molecular weight excluding hydrogens is 426 g/mol. The summed E-state index contributed by atoms with van der Waals surface area (Å²) in [5.41, 5.74) is 1.51. The van der Waals surface area contributed by atoms with Gasteiger partial charge in [0, 0.05) is 10.7 Å². The number of nitrogens with one attached hydrogen (secondary N) is 1. The van der Waals surface area contributed by atoms with Crippen LogP contribution >= 0.6 is 15.9 Å². The van der Waals surface area contributed by atoms with Crippen LogP contribution in [-0.4, -0.2) is 28.0 Å². The molecular formula is C20H18BrN3O4. The molecule has 0 fully saturated rings. The van der Waals surface area contributed by atoms with Crippen LogP contribution in [-0.2, 0) is 0 Å². The van der Waals surface area contributed by atoms with Crippen molar-refractivity contribution < 1.29 is 9.84 Å². The van der Waals surface area contributed by atoms with Gasteiger partial charge >= 0.3 is 5.69 Å². The number of hydrogen-bond donors (Lipinski definition) is 2. The zero-order chi connectivity index (χ0) is 20.4. The quantitative estimate of drug-likeness (QED) is 0.604. The number of aromatic amines is 1. The minimum atomic E-state index is -0.753. The molecule has 0 aliphatic carbocycles. The van der Waals surface area contributed by atoms with Crippen LogP contribution in [0.3, 0.4) is 0 Å². The lowest BCUT2D eigenvalue weighted by Gasteiger charge is -2.10. The SMILES string of the molecule is COc1ccc(-n2c(O)c(C=Nc3cc(C)c(C)cc3Br)c(=O)[nH]c2=O)cc1. The number of methoxy groups -OCH3 is 1. The molecule has 28 heavy (non-hydrogen) atoms. The molecule has 7 nitrogen and oxygen atoms in total. The van der Waals surface area contributed by atoms with E-state index in [-0.39, 0.29) is 5.56 Å². The molecule has 0 aliphatic rings. The van der Waals surface area contributed by atoms with Crippen molar-refractivity contribution in [1.29, 1.82) is 0 Å². The molecule has 0 aliphatic heterocycles. The van der Waals surface area contributed by atoms with E-state index in [4.69, 9.17) is 4.74 Å². The number of halogens is 1. The Morgan fingerprint density at radius 1 is 1.14 bits per heavy atom. The third kappa shape index (κ3) is 3.77. The molecule has 0 unspecified atom stereocenters. The van der Waals surface area contributed by atoms with E-state index in [2.05, 4.69) is 25.9 Å². The van der Waals surface area contributed by atoms with Crippen LogP contribution in [0.4, 0.5) is 5.69 Å². The summed E-state index contributed by atoms with van der Waals surface area (Å²) < 4.78 is 6.85.